The second-order valence-electron chi connectivity index (χ2n) is 8.72. The zero-order chi connectivity index (χ0) is 29.9. The van der Waals surface area contributed by atoms with Crippen LogP contribution in [0.25, 0.3) is 0 Å². The predicted octanol–water partition coefficient (Wildman–Crippen LogP) is 3.85. The van der Waals surface area contributed by atoms with Crippen LogP contribution in [0.1, 0.15) is 47.0 Å². The van der Waals surface area contributed by atoms with E-state index in [0.717, 1.165) is 0 Å². The molecule has 0 saturated carbocycles. The van der Waals surface area contributed by atoms with Crippen LogP contribution in [-0.4, -0.2) is 54.4 Å². The molecule has 0 bridgehead atoms. The largest absolute Gasteiger partial charge is 0.490 e. The summed E-state index contributed by atoms with van der Waals surface area (Å²) >= 11 is 6.21. The number of amidine groups is 1. The number of hydrogen-bond donors (Lipinski definition) is 6. The van der Waals surface area contributed by atoms with Crippen molar-refractivity contribution in [3.05, 3.63) is 81.9 Å². The number of nitrogens with one attached hydrogen (secondary N) is 3. The van der Waals surface area contributed by atoms with Crippen LogP contribution in [0.3, 0.4) is 0 Å². The first-order valence-corrected chi connectivity index (χ1v) is 13.2. The summed E-state index contributed by atoms with van der Waals surface area (Å²) in [6.07, 6.45) is -1.18. The van der Waals surface area contributed by atoms with Crippen molar-refractivity contribution in [2.45, 2.75) is 26.5 Å². The summed E-state index contributed by atoms with van der Waals surface area (Å²) in [5.74, 6) is -0.587. The van der Waals surface area contributed by atoms with Crippen molar-refractivity contribution >= 4 is 40.7 Å². The van der Waals surface area contributed by atoms with E-state index in [9.17, 15) is 19.8 Å². The lowest BCUT2D eigenvalue weighted by atomic mass is 10.0. The number of amides is 1. The molecule has 0 aliphatic heterocycles. The average Bonchev–Trinajstić information content (AvgIpc) is 2.95. The number of aliphatic hydroxyl groups is 2. The summed E-state index contributed by atoms with van der Waals surface area (Å²) in [4.78, 5) is 25.2. The van der Waals surface area contributed by atoms with Crippen LogP contribution in [0.2, 0.25) is 5.02 Å². The predicted molar refractivity (Wildman–Crippen MR) is 156 cm³/mol. The van der Waals surface area contributed by atoms with Gasteiger partial charge in [0.05, 0.1) is 25.4 Å². The van der Waals surface area contributed by atoms with Crippen molar-refractivity contribution in [1.29, 1.82) is 5.41 Å². The lowest BCUT2D eigenvalue weighted by Crippen LogP contribution is -2.18. The number of hydrogen-bond acceptors (Lipinski definition) is 9. The normalized spacial score (nSPS) is 11.3. The second kappa shape index (κ2) is 14.9. The lowest BCUT2D eigenvalue weighted by Gasteiger charge is -2.20. The number of aliphatic hydroxyl groups excluding tert-OH is 2. The van der Waals surface area contributed by atoms with Crippen molar-refractivity contribution in [3.8, 4) is 11.5 Å². The third-order valence-electron chi connectivity index (χ3n) is 5.80. The number of ether oxygens (including phenoxy) is 3. The van der Waals surface area contributed by atoms with E-state index in [1.54, 1.807) is 56.3 Å². The Kier molecular flexibility index (Phi) is 11.3. The van der Waals surface area contributed by atoms with Gasteiger partial charge in [-0.1, -0.05) is 11.6 Å². The maximum atomic E-state index is 13.2. The Labute approximate surface area is 242 Å². The van der Waals surface area contributed by atoms with Crippen molar-refractivity contribution in [1.82, 2.24) is 0 Å². The van der Waals surface area contributed by atoms with E-state index in [2.05, 4.69) is 10.6 Å². The molecule has 3 rings (SSSR count). The lowest BCUT2D eigenvalue weighted by molar-refractivity contribution is -0.145. The SMILES string of the molecule is CCOC(=O)COc1c(CNc2ccc(Cl)cc2C(=O)Nc2ccc(C(=N)N)cc2)cc(C(O)CO)cc1OCC. The highest BCUT2D eigenvalue weighted by molar-refractivity contribution is 6.31. The Morgan fingerprint density at radius 3 is 2.41 bits per heavy atom. The summed E-state index contributed by atoms with van der Waals surface area (Å²) in [5, 5.41) is 33.7. The van der Waals surface area contributed by atoms with Gasteiger partial charge in [-0.15, -0.1) is 0 Å². The number of benzene rings is 3. The molecule has 0 spiro atoms. The van der Waals surface area contributed by atoms with Gasteiger partial charge in [0.15, 0.2) is 18.1 Å². The van der Waals surface area contributed by atoms with Crippen LogP contribution in [-0.2, 0) is 16.1 Å². The molecule has 1 unspecified atom stereocenters. The van der Waals surface area contributed by atoms with Crippen LogP contribution in [0.4, 0.5) is 11.4 Å². The van der Waals surface area contributed by atoms with Gasteiger partial charge in [0, 0.05) is 34.1 Å². The van der Waals surface area contributed by atoms with Gasteiger partial charge >= 0.3 is 5.97 Å². The standard InChI is InChI=1S/C29H33ClN4O7/c1-3-39-25-12-18(24(36)15-35)11-19(27(25)41-16-26(37)40-4-2)14-33-23-10-7-20(30)13-22(23)29(38)34-21-8-5-17(6-9-21)28(31)32/h5-13,24,33,35-36H,3-4,14-16H2,1-2H3,(H3,31,32)(H,34,38). The van der Waals surface area contributed by atoms with Gasteiger partial charge in [-0.2, -0.15) is 0 Å². The highest BCUT2D eigenvalue weighted by Crippen LogP contribution is 2.36. The highest BCUT2D eigenvalue weighted by atomic mass is 35.5. The van der Waals surface area contributed by atoms with Gasteiger partial charge in [0.2, 0.25) is 0 Å². The quantitative estimate of drug-likeness (QED) is 0.0933. The molecule has 11 nitrogen and oxygen atoms in total. The Hall–Kier alpha value is -4.32. The van der Waals surface area contributed by atoms with Crippen LogP contribution in [0.15, 0.2) is 54.6 Å². The number of rotatable bonds is 14. The van der Waals surface area contributed by atoms with Gasteiger partial charge in [0.25, 0.3) is 5.91 Å². The molecule has 0 aliphatic rings. The van der Waals surface area contributed by atoms with E-state index < -0.39 is 24.6 Å². The first-order chi connectivity index (χ1) is 19.7. The van der Waals surface area contributed by atoms with Gasteiger partial charge in [-0.05, 0) is 74.0 Å². The molecule has 0 aliphatic carbocycles. The minimum Gasteiger partial charge on any atom is -0.490 e. The molecule has 0 saturated heterocycles. The van der Waals surface area contributed by atoms with Gasteiger partial charge in [0.1, 0.15) is 11.9 Å². The van der Waals surface area contributed by atoms with E-state index in [4.69, 9.17) is 37.0 Å². The number of esters is 1. The average molecular weight is 585 g/mol. The van der Waals surface area contributed by atoms with Crippen molar-refractivity contribution in [3.63, 3.8) is 0 Å². The van der Waals surface area contributed by atoms with Gasteiger partial charge in [-0.25, -0.2) is 4.79 Å². The van der Waals surface area contributed by atoms with Crippen LogP contribution in [0.5, 0.6) is 11.5 Å². The van der Waals surface area contributed by atoms with E-state index in [0.29, 0.717) is 33.1 Å². The molecule has 3 aromatic rings. The zero-order valence-electron chi connectivity index (χ0n) is 22.7. The Morgan fingerprint density at radius 2 is 1.78 bits per heavy atom. The Bertz CT molecular complexity index is 1380. The van der Waals surface area contributed by atoms with Crippen molar-refractivity contribution < 1.29 is 34.0 Å². The van der Waals surface area contributed by atoms with Crippen LogP contribution < -0.4 is 25.8 Å². The number of nitrogens with two attached hydrogens (primary N) is 1. The maximum Gasteiger partial charge on any atom is 0.344 e. The molecular weight excluding hydrogens is 552 g/mol. The molecule has 7 N–H and O–H groups in total. The number of anilines is 2. The van der Waals surface area contributed by atoms with E-state index in [1.165, 1.54) is 12.1 Å². The van der Waals surface area contributed by atoms with Gasteiger partial charge in [-0.3, -0.25) is 10.2 Å². The highest BCUT2D eigenvalue weighted by Gasteiger charge is 2.20. The molecule has 1 amide bonds. The summed E-state index contributed by atoms with van der Waals surface area (Å²) < 4.78 is 16.5. The number of halogens is 1. The van der Waals surface area contributed by atoms with Crippen molar-refractivity contribution in [2.24, 2.45) is 5.73 Å². The van der Waals surface area contributed by atoms with Crippen LogP contribution >= 0.6 is 11.6 Å². The van der Waals surface area contributed by atoms with Crippen molar-refractivity contribution in [2.75, 3.05) is 37.1 Å². The van der Waals surface area contributed by atoms with E-state index >= 15 is 0 Å². The molecule has 0 fully saturated rings. The summed E-state index contributed by atoms with van der Waals surface area (Å²) in [7, 11) is 0. The van der Waals surface area contributed by atoms with E-state index in [1.807, 2.05) is 0 Å². The fourth-order valence-corrected chi connectivity index (χ4v) is 4.03. The molecule has 12 heteroatoms. The minimum atomic E-state index is -1.18. The fraction of sp³-hybridized carbons (Fsp3) is 0.276. The summed E-state index contributed by atoms with van der Waals surface area (Å²) in [6.45, 7) is 3.12. The molecule has 0 aromatic heterocycles. The molecule has 0 radical (unpaired) electrons. The Balaban J connectivity index is 1.92. The molecular formula is C29H33ClN4O7. The number of carbonyl (C=O) groups is 2. The first kappa shape index (κ1) is 31.2. The molecule has 0 heterocycles. The number of nitrogen functional groups attached to an aromatic ring is 1. The van der Waals surface area contributed by atoms with E-state index in [-0.39, 0.29) is 49.3 Å². The summed E-state index contributed by atoms with van der Waals surface area (Å²) in [5.41, 5.74) is 8.07. The fourth-order valence-electron chi connectivity index (χ4n) is 3.85. The minimum absolute atomic E-state index is 0.0828. The molecule has 218 valence electrons. The van der Waals surface area contributed by atoms with Crippen LogP contribution in [0, 0.1) is 5.41 Å². The maximum absolute atomic E-state index is 13.2. The zero-order valence-corrected chi connectivity index (χ0v) is 23.5. The second-order valence-corrected chi connectivity index (χ2v) is 9.16. The third kappa shape index (κ3) is 8.58. The number of carbonyl (C=O) groups excluding carboxylic acids is 2. The topological polar surface area (TPSA) is 176 Å². The summed E-state index contributed by atoms with van der Waals surface area (Å²) in [6, 6.07) is 14.4. The third-order valence-corrected chi connectivity index (χ3v) is 6.04. The molecule has 41 heavy (non-hydrogen) atoms. The van der Waals surface area contributed by atoms with Gasteiger partial charge < -0.3 is 40.8 Å². The molecule has 1 atom stereocenters. The monoisotopic (exact) mass is 584 g/mol. The smallest absolute Gasteiger partial charge is 0.344 e. The molecule has 3 aromatic carbocycles. The first-order valence-electron chi connectivity index (χ1n) is 12.8. The Morgan fingerprint density at radius 1 is 1.05 bits per heavy atom.